The maximum atomic E-state index is 11.6. The number of aliphatic carboxylic acids is 1. The van der Waals surface area contributed by atoms with Crippen LogP contribution >= 0.6 is 0 Å². The number of hydrogen-bond acceptors (Lipinski definition) is 4. The topological polar surface area (TPSA) is 78.5 Å². The maximum absolute atomic E-state index is 11.6. The molecule has 102 valence electrons. The van der Waals surface area contributed by atoms with Crippen LogP contribution in [0.5, 0.6) is 0 Å². The molecule has 0 aliphatic heterocycles. The molecule has 1 aliphatic rings. The Balaban J connectivity index is 2.44. The Kier molecular flexibility index (Phi) is 4.38. The van der Waals surface area contributed by atoms with Gasteiger partial charge in [0, 0.05) is 5.92 Å². The summed E-state index contributed by atoms with van der Waals surface area (Å²) < 4.78 is 5.11. The van der Waals surface area contributed by atoms with Crippen LogP contribution in [0.2, 0.25) is 0 Å². The fraction of sp³-hybridized carbons (Fsp3) is 0.692. The molecule has 0 aromatic rings. The molecular formula is C13H20NO4-. The first-order valence-corrected chi connectivity index (χ1v) is 6.04. The molecule has 1 rings (SSSR count). The summed E-state index contributed by atoms with van der Waals surface area (Å²) in [6, 6.07) is -1.07. The van der Waals surface area contributed by atoms with Gasteiger partial charge in [-0.25, -0.2) is 4.79 Å². The number of carboxylic acid groups (broad SMARTS) is 1. The number of allylic oxidation sites excluding steroid dienone is 1. The van der Waals surface area contributed by atoms with Crippen LogP contribution in [0, 0.1) is 11.3 Å². The fourth-order valence-electron chi connectivity index (χ4n) is 1.74. The zero-order valence-electron chi connectivity index (χ0n) is 11.1. The number of ether oxygens (including phenoxy) is 1. The lowest BCUT2D eigenvalue weighted by atomic mass is 9.87. The van der Waals surface area contributed by atoms with Gasteiger partial charge in [-0.1, -0.05) is 26.8 Å². The summed E-state index contributed by atoms with van der Waals surface area (Å²) in [5.74, 6) is -0.984. The smallest absolute Gasteiger partial charge is 0.407 e. The van der Waals surface area contributed by atoms with Crippen LogP contribution in [0.3, 0.4) is 0 Å². The summed E-state index contributed by atoms with van der Waals surface area (Å²) in [4.78, 5) is 22.5. The predicted octanol–water partition coefficient (Wildman–Crippen LogP) is 0.842. The molecule has 18 heavy (non-hydrogen) atoms. The minimum absolute atomic E-state index is 0.120. The van der Waals surface area contributed by atoms with Gasteiger partial charge in [0.2, 0.25) is 0 Å². The van der Waals surface area contributed by atoms with E-state index in [-0.39, 0.29) is 6.10 Å². The molecule has 1 aliphatic carbocycles. The van der Waals surface area contributed by atoms with E-state index in [9.17, 15) is 14.7 Å². The van der Waals surface area contributed by atoms with Crippen molar-refractivity contribution in [3.05, 3.63) is 12.7 Å². The largest absolute Gasteiger partial charge is 0.548 e. The Morgan fingerprint density at radius 3 is 2.61 bits per heavy atom. The Hall–Kier alpha value is -1.52. The predicted molar refractivity (Wildman–Crippen MR) is 64.6 cm³/mol. The second-order valence-electron chi connectivity index (χ2n) is 5.73. The molecule has 0 heterocycles. The molecular weight excluding hydrogens is 234 g/mol. The van der Waals surface area contributed by atoms with Crippen LogP contribution in [0.4, 0.5) is 4.79 Å². The number of alkyl carbamates (subject to hydrolysis) is 1. The van der Waals surface area contributed by atoms with Gasteiger partial charge in [-0.15, -0.1) is 6.58 Å². The molecule has 3 atom stereocenters. The first-order valence-electron chi connectivity index (χ1n) is 6.04. The van der Waals surface area contributed by atoms with E-state index >= 15 is 0 Å². The number of carbonyl (C=O) groups excluding carboxylic acids is 2. The molecule has 0 aromatic heterocycles. The molecule has 0 bridgehead atoms. The molecule has 5 nitrogen and oxygen atoms in total. The van der Waals surface area contributed by atoms with E-state index in [4.69, 9.17) is 4.74 Å². The molecule has 0 unspecified atom stereocenters. The third-order valence-electron chi connectivity index (χ3n) is 2.95. The van der Waals surface area contributed by atoms with Gasteiger partial charge in [0.25, 0.3) is 0 Å². The maximum Gasteiger partial charge on any atom is 0.407 e. The molecule has 5 heteroatoms. The van der Waals surface area contributed by atoms with Gasteiger partial charge in [0.05, 0.1) is 12.0 Å². The molecule has 0 radical (unpaired) electrons. The van der Waals surface area contributed by atoms with Crippen molar-refractivity contribution < 1.29 is 19.4 Å². The molecule has 0 spiro atoms. The van der Waals surface area contributed by atoms with Gasteiger partial charge < -0.3 is 20.0 Å². The van der Waals surface area contributed by atoms with Crippen molar-refractivity contribution in [1.82, 2.24) is 5.32 Å². The first-order chi connectivity index (χ1) is 8.25. The number of nitrogens with one attached hydrogen (secondary N) is 1. The summed E-state index contributed by atoms with van der Waals surface area (Å²) in [6.07, 6.45) is 2.58. The van der Waals surface area contributed by atoms with Gasteiger partial charge in [0.1, 0.15) is 6.10 Å². The van der Waals surface area contributed by atoms with Crippen LogP contribution in [0.25, 0.3) is 0 Å². The fourth-order valence-corrected chi connectivity index (χ4v) is 1.74. The van der Waals surface area contributed by atoms with Gasteiger partial charge in [0.15, 0.2) is 0 Å². The Bertz CT molecular complexity index is 345. The molecule has 0 aromatic carbocycles. The SMILES string of the molecule is C=CC[C@@H]1C[C@H]1OC(=O)N[C@H](C(=O)[O-])C(C)(C)C. The number of amides is 1. The van der Waals surface area contributed by atoms with E-state index in [1.807, 2.05) is 0 Å². The zero-order chi connectivity index (χ0) is 13.9. The van der Waals surface area contributed by atoms with Crippen molar-refractivity contribution in [2.45, 2.75) is 45.8 Å². The summed E-state index contributed by atoms with van der Waals surface area (Å²) in [7, 11) is 0. The summed E-state index contributed by atoms with van der Waals surface area (Å²) in [5, 5.41) is 13.3. The van der Waals surface area contributed by atoms with Gasteiger partial charge in [-0.3, -0.25) is 0 Å². The molecule has 1 saturated carbocycles. The van der Waals surface area contributed by atoms with E-state index in [1.165, 1.54) is 0 Å². The molecule has 1 N–H and O–H groups in total. The van der Waals surface area contributed by atoms with E-state index in [1.54, 1.807) is 26.8 Å². The van der Waals surface area contributed by atoms with Gasteiger partial charge in [-0.05, 0) is 18.3 Å². The monoisotopic (exact) mass is 254 g/mol. The van der Waals surface area contributed by atoms with E-state index < -0.39 is 23.5 Å². The highest BCUT2D eigenvalue weighted by molar-refractivity contribution is 5.79. The van der Waals surface area contributed by atoms with Crippen LogP contribution in [0.1, 0.15) is 33.6 Å². The Morgan fingerprint density at radius 2 is 2.17 bits per heavy atom. The molecule has 1 fully saturated rings. The third-order valence-corrected chi connectivity index (χ3v) is 2.95. The Labute approximate surface area is 107 Å². The van der Waals surface area contributed by atoms with Gasteiger partial charge in [-0.2, -0.15) is 0 Å². The first kappa shape index (κ1) is 14.5. The van der Waals surface area contributed by atoms with Gasteiger partial charge >= 0.3 is 6.09 Å². The van der Waals surface area contributed by atoms with Crippen molar-refractivity contribution in [2.75, 3.05) is 0 Å². The van der Waals surface area contributed by atoms with Crippen molar-refractivity contribution in [2.24, 2.45) is 11.3 Å². The average Bonchev–Trinajstić information content (AvgIpc) is 2.91. The van der Waals surface area contributed by atoms with Crippen molar-refractivity contribution in [1.29, 1.82) is 0 Å². The van der Waals surface area contributed by atoms with Crippen LogP contribution in [-0.4, -0.2) is 24.2 Å². The van der Waals surface area contributed by atoms with Crippen LogP contribution in [0.15, 0.2) is 12.7 Å². The highest BCUT2D eigenvalue weighted by atomic mass is 16.6. The van der Waals surface area contributed by atoms with Crippen molar-refractivity contribution >= 4 is 12.1 Å². The van der Waals surface area contributed by atoms with E-state index in [0.29, 0.717) is 5.92 Å². The van der Waals surface area contributed by atoms with E-state index in [0.717, 1.165) is 12.8 Å². The third kappa shape index (κ3) is 4.05. The number of hydrogen-bond donors (Lipinski definition) is 1. The quantitative estimate of drug-likeness (QED) is 0.737. The van der Waals surface area contributed by atoms with Crippen LogP contribution in [-0.2, 0) is 9.53 Å². The summed E-state index contributed by atoms with van der Waals surface area (Å²) in [6.45, 7) is 8.76. The number of rotatable bonds is 5. The minimum atomic E-state index is -1.31. The zero-order valence-corrected chi connectivity index (χ0v) is 11.1. The second kappa shape index (κ2) is 5.42. The summed E-state index contributed by atoms with van der Waals surface area (Å²) >= 11 is 0. The highest BCUT2D eigenvalue weighted by Gasteiger charge is 2.40. The highest BCUT2D eigenvalue weighted by Crippen LogP contribution is 2.37. The summed E-state index contributed by atoms with van der Waals surface area (Å²) in [5.41, 5.74) is -0.623. The van der Waals surface area contributed by atoms with E-state index in [2.05, 4.69) is 11.9 Å². The number of carbonyl (C=O) groups is 2. The lowest BCUT2D eigenvalue weighted by Crippen LogP contribution is -2.54. The second-order valence-corrected chi connectivity index (χ2v) is 5.73. The Morgan fingerprint density at radius 1 is 1.56 bits per heavy atom. The lowest BCUT2D eigenvalue weighted by Gasteiger charge is -2.31. The normalized spacial score (nSPS) is 23.9. The minimum Gasteiger partial charge on any atom is -0.548 e. The van der Waals surface area contributed by atoms with Crippen molar-refractivity contribution in [3.8, 4) is 0 Å². The molecule has 0 saturated heterocycles. The number of carboxylic acids is 1. The average molecular weight is 254 g/mol. The molecule has 1 amide bonds. The lowest BCUT2D eigenvalue weighted by molar-refractivity contribution is -0.310. The van der Waals surface area contributed by atoms with Crippen molar-refractivity contribution in [3.63, 3.8) is 0 Å². The van der Waals surface area contributed by atoms with Crippen LogP contribution < -0.4 is 10.4 Å². The standard InChI is InChI=1S/C13H21NO4/c1-5-6-8-7-9(8)18-12(17)14-10(11(15)16)13(2,3)4/h5,8-10H,1,6-7H2,2-4H3,(H,14,17)(H,15,16)/p-1/t8-,9-,10-/m1/s1.